The lowest BCUT2D eigenvalue weighted by Gasteiger charge is -2.52. The molecule has 1 amide bonds. The van der Waals surface area contributed by atoms with Crippen LogP contribution >= 0.6 is 0 Å². The summed E-state index contributed by atoms with van der Waals surface area (Å²) in [6, 6.07) is 15.6. The maximum Gasteiger partial charge on any atom is 0.227 e. The molecule has 0 spiro atoms. The first-order valence-electron chi connectivity index (χ1n) is 10.8. The van der Waals surface area contributed by atoms with E-state index in [2.05, 4.69) is 0 Å². The first-order chi connectivity index (χ1) is 14.6. The van der Waals surface area contributed by atoms with E-state index < -0.39 is 5.60 Å². The summed E-state index contributed by atoms with van der Waals surface area (Å²) in [6.45, 7) is 0.567. The van der Waals surface area contributed by atoms with Gasteiger partial charge in [0.1, 0.15) is 0 Å². The summed E-state index contributed by atoms with van der Waals surface area (Å²) in [5.41, 5.74) is 1.30. The Labute approximate surface area is 178 Å². The van der Waals surface area contributed by atoms with Gasteiger partial charge in [0.15, 0.2) is 11.5 Å². The molecule has 2 fully saturated rings. The molecule has 0 aromatic heterocycles. The highest BCUT2D eigenvalue weighted by Crippen LogP contribution is 2.50. The van der Waals surface area contributed by atoms with Crippen molar-refractivity contribution in [3.63, 3.8) is 0 Å². The zero-order valence-corrected chi connectivity index (χ0v) is 17.8. The van der Waals surface area contributed by atoms with Crippen LogP contribution in [0.3, 0.4) is 0 Å². The minimum absolute atomic E-state index is 0.0258. The van der Waals surface area contributed by atoms with Crippen LogP contribution in [0.25, 0.3) is 0 Å². The number of carbonyl (C=O) groups is 1. The van der Waals surface area contributed by atoms with E-state index in [4.69, 9.17) is 9.47 Å². The quantitative estimate of drug-likeness (QED) is 0.806. The molecule has 160 valence electrons. The lowest BCUT2D eigenvalue weighted by molar-refractivity contribution is -0.154. The van der Waals surface area contributed by atoms with Crippen LogP contribution in [0, 0.1) is 5.92 Å². The molecule has 1 saturated carbocycles. The van der Waals surface area contributed by atoms with Crippen LogP contribution in [0.1, 0.15) is 49.3 Å². The molecule has 3 unspecified atom stereocenters. The van der Waals surface area contributed by atoms with E-state index >= 15 is 0 Å². The lowest BCUT2D eigenvalue weighted by Crippen LogP contribution is -2.56. The monoisotopic (exact) mass is 409 g/mol. The fraction of sp³-hybridized carbons (Fsp3) is 0.480. The molecule has 5 heteroatoms. The number of rotatable bonds is 5. The molecule has 1 aliphatic carbocycles. The second-order valence-corrected chi connectivity index (χ2v) is 8.51. The van der Waals surface area contributed by atoms with Gasteiger partial charge in [-0.3, -0.25) is 4.79 Å². The minimum atomic E-state index is -0.709. The van der Waals surface area contributed by atoms with Crippen LogP contribution in [0.4, 0.5) is 0 Å². The summed E-state index contributed by atoms with van der Waals surface area (Å²) in [5, 5.41) is 11.4. The molecule has 0 radical (unpaired) electrons. The SMILES string of the molecule is COc1ccc(C2C3CCCCC3(O)CCN2C(=O)Cc2ccccc2)cc1OC. The fourth-order valence-corrected chi connectivity index (χ4v) is 5.28. The second kappa shape index (κ2) is 8.68. The Kier molecular flexibility index (Phi) is 6.00. The van der Waals surface area contributed by atoms with Crippen molar-refractivity contribution in [2.45, 2.75) is 50.2 Å². The lowest BCUT2D eigenvalue weighted by atomic mass is 9.66. The number of piperidine rings is 1. The van der Waals surface area contributed by atoms with Crippen LogP contribution in [0.5, 0.6) is 11.5 Å². The third-order valence-electron chi connectivity index (χ3n) is 6.84. The number of hydrogen-bond acceptors (Lipinski definition) is 4. The van der Waals surface area contributed by atoms with Crippen molar-refractivity contribution in [2.75, 3.05) is 20.8 Å². The Morgan fingerprint density at radius 3 is 2.57 bits per heavy atom. The Morgan fingerprint density at radius 1 is 1.07 bits per heavy atom. The maximum absolute atomic E-state index is 13.4. The van der Waals surface area contributed by atoms with E-state index in [9.17, 15) is 9.90 Å². The molecular formula is C25H31NO4. The normalized spacial score (nSPS) is 26.0. The maximum atomic E-state index is 13.4. The van der Waals surface area contributed by atoms with Crippen LogP contribution in [0.15, 0.2) is 48.5 Å². The highest BCUT2D eigenvalue weighted by molar-refractivity contribution is 5.79. The minimum Gasteiger partial charge on any atom is -0.493 e. The van der Waals surface area contributed by atoms with E-state index in [1.54, 1.807) is 14.2 Å². The number of fused-ring (bicyclic) bond motifs is 1. The number of amides is 1. The average Bonchev–Trinajstić information content (AvgIpc) is 2.78. The molecule has 4 rings (SSSR count). The van der Waals surface area contributed by atoms with E-state index in [0.717, 1.165) is 36.8 Å². The molecule has 3 atom stereocenters. The van der Waals surface area contributed by atoms with Crippen molar-refractivity contribution >= 4 is 5.91 Å². The van der Waals surface area contributed by atoms with Crippen molar-refractivity contribution < 1.29 is 19.4 Å². The first-order valence-corrected chi connectivity index (χ1v) is 10.8. The largest absolute Gasteiger partial charge is 0.493 e. The topological polar surface area (TPSA) is 59.0 Å². The number of hydrogen-bond donors (Lipinski definition) is 1. The van der Waals surface area contributed by atoms with Crippen LogP contribution < -0.4 is 9.47 Å². The van der Waals surface area contributed by atoms with E-state index in [1.807, 2.05) is 53.4 Å². The third kappa shape index (κ3) is 3.91. The van der Waals surface area contributed by atoms with E-state index in [-0.39, 0.29) is 17.9 Å². The van der Waals surface area contributed by atoms with Gasteiger partial charge in [0.05, 0.1) is 32.3 Å². The predicted octanol–water partition coefficient (Wildman–Crippen LogP) is 4.14. The molecule has 1 heterocycles. The van der Waals surface area contributed by atoms with Crippen LogP contribution in [0.2, 0.25) is 0 Å². The summed E-state index contributed by atoms with van der Waals surface area (Å²) in [5.74, 6) is 1.44. The van der Waals surface area contributed by atoms with Crippen molar-refractivity contribution in [2.24, 2.45) is 5.92 Å². The van der Waals surface area contributed by atoms with Crippen molar-refractivity contribution in [1.82, 2.24) is 4.90 Å². The molecule has 2 aliphatic rings. The van der Waals surface area contributed by atoms with Gasteiger partial charge in [0, 0.05) is 12.5 Å². The summed E-state index contributed by atoms with van der Waals surface area (Å²) >= 11 is 0. The van der Waals surface area contributed by atoms with Gasteiger partial charge in [-0.15, -0.1) is 0 Å². The molecule has 0 bridgehead atoms. The van der Waals surface area contributed by atoms with Crippen molar-refractivity contribution in [3.05, 3.63) is 59.7 Å². The standard InChI is InChI=1S/C25H31NO4/c1-29-21-12-11-19(17-22(21)30-2)24-20-10-6-7-13-25(20,28)14-15-26(24)23(27)16-18-8-4-3-5-9-18/h3-5,8-9,11-12,17,20,24,28H,6-7,10,13-16H2,1-2H3. The number of methoxy groups -OCH3 is 2. The van der Waals surface area contributed by atoms with Gasteiger partial charge in [-0.25, -0.2) is 0 Å². The number of ether oxygens (including phenoxy) is 2. The fourth-order valence-electron chi connectivity index (χ4n) is 5.28. The predicted molar refractivity (Wildman–Crippen MR) is 116 cm³/mol. The Bertz CT molecular complexity index is 884. The van der Waals surface area contributed by atoms with Crippen molar-refractivity contribution in [1.29, 1.82) is 0 Å². The summed E-state index contributed by atoms with van der Waals surface area (Å²) in [7, 11) is 3.24. The molecule has 1 N–H and O–H groups in total. The number of likely N-dealkylation sites (tertiary alicyclic amines) is 1. The average molecular weight is 410 g/mol. The molecular weight excluding hydrogens is 378 g/mol. The highest BCUT2D eigenvalue weighted by Gasteiger charge is 2.50. The number of aliphatic hydroxyl groups is 1. The molecule has 2 aromatic rings. The van der Waals surface area contributed by atoms with Gasteiger partial charge in [0.25, 0.3) is 0 Å². The Morgan fingerprint density at radius 2 is 1.83 bits per heavy atom. The summed E-state index contributed by atoms with van der Waals surface area (Å²) in [4.78, 5) is 15.4. The number of carbonyl (C=O) groups excluding carboxylic acids is 1. The molecule has 1 aliphatic heterocycles. The number of benzene rings is 2. The molecule has 30 heavy (non-hydrogen) atoms. The summed E-state index contributed by atoms with van der Waals surface area (Å²) in [6.07, 6.45) is 4.87. The highest BCUT2D eigenvalue weighted by atomic mass is 16.5. The van der Waals surface area contributed by atoms with Gasteiger partial charge in [-0.1, -0.05) is 49.2 Å². The van der Waals surface area contributed by atoms with Crippen LogP contribution in [-0.2, 0) is 11.2 Å². The zero-order valence-electron chi connectivity index (χ0n) is 17.8. The molecule has 2 aromatic carbocycles. The third-order valence-corrected chi connectivity index (χ3v) is 6.84. The summed E-state index contributed by atoms with van der Waals surface area (Å²) < 4.78 is 10.9. The Hall–Kier alpha value is -2.53. The van der Waals surface area contributed by atoms with E-state index in [1.165, 1.54) is 0 Å². The van der Waals surface area contributed by atoms with Gasteiger partial charge in [0.2, 0.25) is 5.91 Å². The second-order valence-electron chi connectivity index (χ2n) is 8.51. The molecule has 1 saturated heterocycles. The Balaban J connectivity index is 1.70. The first kappa shape index (κ1) is 20.7. The van der Waals surface area contributed by atoms with Crippen LogP contribution in [-0.4, -0.2) is 42.3 Å². The van der Waals surface area contributed by atoms with Gasteiger partial charge in [-0.2, -0.15) is 0 Å². The van der Waals surface area contributed by atoms with Gasteiger partial charge < -0.3 is 19.5 Å². The van der Waals surface area contributed by atoms with Crippen molar-refractivity contribution in [3.8, 4) is 11.5 Å². The number of nitrogens with zero attached hydrogens (tertiary/aromatic N) is 1. The zero-order chi connectivity index (χ0) is 21.1. The van der Waals surface area contributed by atoms with Gasteiger partial charge >= 0.3 is 0 Å². The van der Waals surface area contributed by atoms with E-state index in [0.29, 0.717) is 30.9 Å². The molecule has 5 nitrogen and oxygen atoms in total. The van der Waals surface area contributed by atoms with Gasteiger partial charge in [-0.05, 0) is 42.5 Å². The smallest absolute Gasteiger partial charge is 0.227 e.